The van der Waals surface area contributed by atoms with Crippen molar-refractivity contribution in [1.29, 1.82) is 0 Å². The van der Waals surface area contributed by atoms with Gasteiger partial charge in [-0.25, -0.2) is 9.37 Å². The monoisotopic (exact) mass is 347 g/mol. The molecule has 3 rings (SSSR count). The molecule has 1 aliphatic heterocycles. The molecule has 0 bridgehead atoms. The molecule has 2 aromatic rings. The first-order valence-corrected chi connectivity index (χ1v) is 7.79. The summed E-state index contributed by atoms with van der Waals surface area (Å²) in [5.41, 5.74) is 0.401. The van der Waals surface area contributed by atoms with Crippen molar-refractivity contribution >= 4 is 34.9 Å². The van der Waals surface area contributed by atoms with Gasteiger partial charge in [-0.15, -0.1) is 0 Å². The Balaban J connectivity index is 1.76. The van der Waals surface area contributed by atoms with Crippen LogP contribution < -0.4 is 9.80 Å². The fraction of sp³-hybridized carbons (Fsp3) is 0.235. The normalized spacial score (nSPS) is 17.2. The average molecular weight is 348 g/mol. The maximum atomic E-state index is 13.6. The lowest BCUT2D eigenvalue weighted by Crippen LogP contribution is -2.35. The number of carbonyl (C=O) groups is 2. The van der Waals surface area contributed by atoms with E-state index in [1.165, 1.54) is 21.9 Å². The predicted octanol–water partition coefficient (Wildman–Crippen LogP) is 2.89. The highest BCUT2D eigenvalue weighted by molar-refractivity contribution is 6.30. The molecule has 0 aliphatic carbocycles. The molecule has 1 atom stereocenters. The zero-order chi connectivity index (χ0) is 17.3. The third kappa shape index (κ3) is 3.10. The van der Waals surface area contributed by atoms with Crippen LogP contribution in [0, 0.1) is 11.7 Å². The largest absolute Gasteiger partial charge is 0.311 e. The lowest BCUT2D eigenvalue weighted by atomic mass is 10.1. The molecule has 1 fully saturated rings. The second-order valence-electron chi connectivity index (χ2n) is 5.59. The number of carbonyl (C=O) groups excluding carboxylic acids is 2. The van der Waals surface area contributed by atoms with Crippen LogP contribution in [-0.4, -0.2) is 30.4 Å². The van der Waals surface area contributed by atoms with Crippen LogP contribution in [-0.2, 0) is 9.59 Å². The van der Waals surface area contributed by atoms with Gasteiger partial charge < -0.3 is 4.90 Å². The van der Waals surface area contributed by atoms with Gasteiger partial charge in [-0.05, 0) is 30.3 Å². The number of halogens is 2. The van der Waals surface area contributed by atoms with Gasteiger partial charge in [0.25, 0.3) is 0 Å². The molecule has 1 aromatic heterocycles. The second kappa shape index (κ2) is 6.57. The van der Waals surface area contributed by atoms with Crippen LogP contribution in [0.15, 0.2) is 42.6 Å². The molecular formula is C17H15ClFN3O2. The smallest absolute Gasteiger partial charge is 0.233 e. The molecule has 5 nitrogen and oxygen atoms in total. The quantitative estimate of drug-likeness (QED) is 0.858. The highest BCUT2D eigenvalue weighted by atomic mass is 35.5. The minimum Gasteiger partial charge on any atom is -0.311 e. The number of nitrogens with zero attached hydrogens (tertiary/aromatic N) is 3. The SMILES string of the molecule is CN(C(=O)[C@H]1CC(=O)N(c2ccc(Cl)c(F)c2)C1)c1ccccn1. The Morgan fingerprint density at radius 1 is 1.38 bits per heavy atom. The lowest BCUT2D eigenvalue weighted by molar-refractivity contribution is -0.124. The van der Waals surface area contributed by atoms with Gasteiger partial charge in [0, 0.05) is 31.9 Å². The second-order valence-corrected chi connectivity index (χ2v) is 6.00. The maximum Gasteiger partial charge on any atom is 0.233 e. The van der Waals surface area contributed by atoms with Crippen molar-refractivity contribution in [1.82, 2.24) is 4.98 Å². The van der Waals surface area contributed by atoms with Crippen LogP contribution in [0.5, 0.6) is 0 Å². The number of hydrogen-bond acceptors (Lipinski definition) is 3. The summed E-state index contributed by atoms with van der Waals surface area (Å²) in [6.07, 6.45) is 1.68. The third-order valence-corrected chi connectivity index (χ3v) is 4.32. The van der Waals surface area contributed by atoms with Crippen LogP contribution in [0.3, 0.4) is 0 Å². The third-order valence-electron chi connectivity index (χ3n) is 4.01. The molecule has 124 valence electrons. The van der Waals surface area contributed by atoms with Crippen molar-refractivity contribution in [2.45, 2.75) is 6.42 Å². The molecule has 0 unspecified atom stereocenters. The minimum absolute atomic E-state index is 0.00657. The summed E-state index contributed by atoms with van der Waals surface area (Å²) < 4.78 is 13.6. The van der Waals surface area contributed by atoms with Gasteiger partial charge in [0.05, 0.1) is 10.9 Å². The van der Waals surface area contributed by atoms with E-state index in [9.17, 15) is 14.0 Å². The van der Waals surface area contributed by atoms with Gasteiger partial charge in [0.15, 0.2) is 0 Å². The molecule has 1 saturated heterocycles. The lowest BCUT2D eigenvalue weighted by Gasteiger charge is -2.20. The zero-order valence-corrected chi connectivity index (χ0v) is 13.7. The number of anilines is 2. The Morgan fingerprint density at radius 3 is 2.83 bits per heavy atom. The highest BCUT2D eigenvalue weighted by Gasteiger charge is 2.37. The summed E-state index contributed by atoms with van der Waals surface area (Å²) in [7, 11) is 1.62. The molecule has 2 heterocycles. The van der Waals surface area contributed by atoms with Crippen molar-refractivity contribution < 1.29 is 14.0 Å². The van der Waals surface area contributed by atoms with E-state index in [1.54, 1.807) is 37.5 Å². The van der Waals surface area contributed by atoms with Gasteiger partial charge in [-0.3, -0.25) is 14.5 Å². The van der Waals surface area contributed by atoms with E-state index in [2.05, 4.69) is 4.98 Å². The van der Waals surface area contributed by atoms with E-state index in [-0.39, 0.29) is 29.8 Å². The summed E-state index contributed by atoms with van der Waals surface area (Å²) in [6.45, 7) is 0.204. The molecule has 2 amide bonds. The summed E-state index contributed by atoms with van der Waals surface area (Å²) in [4.78, 5) is 31.8. The summed E-state index contributed by atoms with van der Waals surface area (Å²) in [5, 5.41) is -0.00657. The summed E-state index contributed by atoms with van der Waals surface area (Å²) >= 11 is 5.67. The maximum absolute atomic E-state index is 13.6. The molecular weight excluding hydrogens is 333 g/mol. The Kier molecular flexibility index (Phi) is 4.49. The Morgan fingerprint density at radius 2 is 2.17 bits per heavy atom. The van der Waals surface area contributed by atoms with Crippen LogP contribution >= 0.6 is 11.6 Å². The summed E-state index contributed by atoms with van der Waals surface area (Å²) in [6, 6.07) is 9.44. The number of aromatic nitrogens is 1. The van der Waals surface area contributed by atoms with Crippen LogP contribution in [0.4, 0.5) is 15.9 Å². The van der Waals surface area contributed by atoms with Crippen molar-refractivity contribution in [3.8, 4) is 0 Å². The highest BCUT2D eigenvalue weighted by Crippen LogP contribution is 2.29. The number of benzene rings is 1. The molecule has 0 spiro atoms. The first-order chi connectivity index (χ1) is 11.5. The number of amides is 2. The van der Waals surface area contributed by atoms with Gasteiger partial charge >= 0.3 is 0 Å². The van der Waals surface area contributed by atoms with E-state index >= 15 is 0 Å². The molecule has 7 heteroatoms. The first-order valence-electron chi connectivity index (χ1n) is 7.41. The van der Waals surface area contributed by atoms with Crippen molar-refractivity contribution in [2.24, 2.45) is 5.92 Å². The Bertz CT molecular complexity index is 785. The van der Waals surface area contributed by atoms with Crippen LogP contribution in [0.25, 0.3) is 0 Å². The standard InChI is InChI=1S/C17H15ClFN3O2/c1-21(15-4-2-3-7-20-15)17(24)11-8-16(23)22(10-11)12-5-6-13(18)14(19)9-12/h2-7,9,11H,8,10H2,1H3/t11-/m0/s1. The fourth-order valence-electron chi connectivity index (χ4n) is 2.71. The van der Waals surface area contributed by atoms with E-state index in [4.69, 9.17) is 11.6 Å². The Hall–Kier alpha value is -2.47. The molecule has 0 N–H and O–H groups in total. The van der Waals surface area contributed by atoms with E-state index in [0.29, 0.717) is 11.5 Å². The Labute approximate surface area is 143 Å². The van der Waals surface area contributed by atoms with Gasteiger partial charge in [0.2, 0.25) is 11.8 Å². The number of pyridine rings is 1. The molecule has 24 heavy (non-hydrogen) atoms. The van der Waals surface area contributed by atoms with Crippen molar-refractivity contribution in [2.75, 3.05) is 23.4 Å². The molecule has 0 radical (unpaired) electrons. The predicted molar refractivity (Wildman–Crippen MR) is 89.5 cm³/mol. The molecule has 0 saturated carbocycles. The average Bonchev–Trinajstić information content (AvgIpc) is 2.98. The molecule has 1 aromatic carbocycles. The van der Waals surface area contributed by atoms with E-state index in [0.717, 1.165) is 0 Å². The van der Waals surface area contributed by atoms with Crippen molar-refractivity contribution in [3.63, 3.8) is 0 Å². The number of hydrogen-bond donors (Lipinski definition) is 0. The molecule has 1 aliphatic rings. The first kappa shape index (κ1) is 16.4. The minimum atomic E-state index is -0.595. The van der Waals surface area contributed by atoms with Crippen molar-refractivity contribution in [3.05, 3.63) is 53.4 Å². The van der Waals surface area contributed by atoms with Crippen LogP contribution in [0.2, 0.25) is 5.02 Å². The number of rotatable bonds is 3. The summed E-state index contributed by atoms with van der Waals surface area (Å²) in [5.74, 6) is -0.986. The van der Waals surface area contributed by atoms with E-state index in [1.807, 2.05) is 0 Å². The topological polar surface area (TPSA) is 53.5 Å². The zero-order valence-electron chi connectivity index (χ0n) is 12.9. The van der Waals surface area contributed by atoms with E-state index < -0.39 is 11.7 Å². The van der Waals surface area contributed by atoms with Gasteiger partial charge in [-0.2, -0.15) is 0 Å². The van der Waals surface area contributed by atoms with Gasteiger partial charge in [0.1, 0.15) is 11.6 Å². The fourth-order valence-corrected chi connectivity index (χ4v) is 2.83. The van der Waals surface area contributed by atoms with Crippen LogP contribution in [0.1, 0.15) is 6.42 Å². The van der Waals surface area contributed by atoms with Gasteiger partial charge in [-0.1, -0.05) is 17.7 Å².